The molecule has 22 heavy (non-hydrogen) atoms. The molecule has 0 aliphatic heterocycles. The number of nitro benzene ring substituents is 1. The van der Waals surface area contributed by atoms with E-state index in [0.29, 0.717) is 0 Å². The first-order valence-electron chi connectivity index (χ1n) is 5.59. The van der Waals surface area contributed by atoms with E-state index >= 15 is 0 Å². The van der Waals surface area contributed by atoms with Crippen LogP contribution in [0.2, 0.25) is 0 Å². The maximum absolute atomic E-state index is 11.1. The topological polar surface area (TPSA) is 125 Å². The SMILES string of the molecule is O=[N+]([O-])c1ccccc1N=Nc1ccccc1S(=O)(=O)[O-].[Na+]. The van der Waals surface area contributed by atoms with Crippen molar-refractivity contribution >= 4 is 27.2 Å². The number of hydrogen-bond acceptors (Lipinski definition) is 7. The Morgan fingerprint density at radius 3 is 2.00 bits per heavy atom. The first-order valence-corrected chi connectivity index (χ1v) is 7.00. The maximum atomic E-state index is 11.1. The van der Waals surface area contributed by atoms with Crippen molar-refractivity contribution in [2.45, 2.75) is 4.90 Å². The van der Waals surface area contributed by atoms with Crippen molar-refractivity contribution in [3.05, 3.63) is 58.6 Å². The summed E-state index contributed by atoms with van der Waals surface area (Å²) in [7, 11) is -4.70. The average Bonchev–Trinajstić information content (AvgIpc) is 2.44. The van der Waals surface area contributed by atoms with Gasteiger partial charge in [-0.05, 0) is 18.2 Å². The van der Waals surface area contributed by atoms with Crippen LogP contribution in [0.5, 0.6) is 0 Å². The van der Waals surface area contributed by atoms with Gasteiger partial charge < -0.3 is 4.55 Å². The summed E-state index contributed by atoms with van der Waals surface area (Å²) in [5.74, 6) is 0. The Hall–Kier alpha value is -1.65. The van der Waals surface area contributed by atoms with E-state index in [4.69, 9.17) is 0 Å². The molecule has 0 N–H and O–H groups in total. The van der Waals surface area contributed by atoms with Crippen molar-refractivity contribution in [3.63, 3.8) is 0 Å². The number of hydrogen-bond donors (Lipinski definition) is 0. The van der Waals surface area contributed by atoms with Gasteiger partial charge in [0.05, 0.1) is 9.82 Å². The minimum absolute atomic E-state index is 0. The van der Waals surface area contributed by atoms with Gasteiger partial charge in [-0.1, -0.05) is 24.3 Å². The second-order valence-electron chi connectivity index (χ2n) is 3.87. The quantitative estimate of drug-likeness (QED) is 0.255. The van der Waals surface area contributed by atoms with Crippen LogP contribution < -0.4 is 29.6 Å². The van der Waals surface area contributed by atoms with E-state index in [1.54, 1.807) is 0 Å². The molecule has 0 aromatic heterocycles. The molecule has 0 heterocycles. The van der Waals surface area contributed by atoms with Gasteiger partial charge in [0.1, 0.15) is 15.8 Å². The van der Waals surface area contributed by atoms with Gasteiger partial charge in [-0.3, -0.25) is 10.1 Å². The minimum Gasteiger partial charge on any atom is -0.744 e. The second kappa shape index (κ2) is 7.56. The predicted molar refractivity (Wildman–Crippen MR) is 71.7 cm³/mol. The van der Waals surface area contributed by atoms with Gasteiger partial charge in [0.25, 0.3) is 5.69 Å². The fourth-order valence-corrected chi connectivity index (χ4v) is 2.17. The fourth-order valence-electron chi connectivity index (χ4n) is 1.56. The van der Waals surface area contributed by atoms with E-state index in [0.717, 1.165) is 6.07 Å². The number of para-hydroxylation sites is 1. The predicted octanol–water partition coefficient (Wildman–Crippen LogP) is -0.0817. The standard InChI is InChI=1S/C12H9N3O5S.Na/c16-15(17)11-7-3-1-5-9(11)13-14-10-6-2-4-8-12(10)21(18,19)20;/h1-8H,(H,18,19,20);/q;+1/p-1. The third-order valence-electron chi connectivity index (χ3n) is 2.48. The van der Waals surface area contributed by atoms with E-state index in [-0.39, 0.29) is 46.6 Å². The molecule has 108 valence electrons. The molecular weight excluding hydrogens is 321 g/mol. The van der Waals surface area contributed by atoms with Crippen molar-refractivity contribution in [3.8, 4) is 0 Å². The molecule has 0 aliphatic carbocycles. The van der Waals surface area contributed by atoms with Gasteiger partial charge in [-0.15, -0.1) is 10.2 Å². The Morgan fingerprint density at radius 2 is 1.41 bits per heavy atom. The van der Waals surface area contributed by atoms with Crippen LogP contribution in [0.1, 0.15) is 0 Å². The number of azo groups is 1. The molecule has 2 aromatic carbocycles. The summed E-state index contributed by atoms with van der Waals surface area (Å²) in [6.45, 7) is 0. The molecule has 0 radical (unpaired) electrons. The van der Waals surface area contributed by atoms with Gasteiger partial charge in [0.15, 0.2) is 5.69 Å². The molecule has 0 amide bonds. The molecule has 2 aromatic rings. The van der Waals surface area contributed by atoms with Crippen LogP contribution in [0.3, 0.4) is 0 Å². The first-order chi connectivity index (χ1) is 9.89. The third-order valence-corrected chi connectivity index (χ3v) is 3.36. The summed E-state index contributed by atoms with van der Waals surface area (Å²) in [4.78, 5) is 9.65. The molecule has 10 heteroatoms. The van der Waals surface area contributed by atoms with Gasteiger partial charge >= 0.3 is 29.6 Å². The Morgan fingerprint density at radius 1 is 0.909 bits per heavy atom. The summed E-state index contributed by atoms with van der Waals surface area (Å²) in [6, 6.07) is 10.8. The summed E-state index contributed by atoms with van der Waals surface area (Å²) < 4.78 is 33.2. The van der Waals surface area contributed by atoms with Crippen LogP contribution in [0, 0.1) is 10.1 Å². The smallest absolute Gasteiger partial charge is 0.744 e. The number of rotatable bonds is 4. The van der Waals surface area contributed by atoms with Crippen molar-refractivity contribution in [2.75, 3.05) is 0 Å². The number of nitrogens with zero attached hydrogens (tertiary/aromatic N) is 3. The average molecular weight is 329 g/mol. The summed E-state index contributed by atoms with van der Waals surface area (Å²) in [5.41, 5.74) is -0.491. The van der Waals surface area contributed by atoms with Crippen LogP contribution in [0.25, 0.3) is 0 Å². The van der Waals surface area contributed by atoms with Crippen LogP contribution in [0.4, 0.5) is 17.1 Å². The molecule has 0 spiro atoms. The summed E-state index contributed by atoms with van der Waals surface area (Å²) in [5, 5.41) is 18.1. The van der Waals surface area contributed by atoms with Gasteiger partial charge in [0.2, 0.25) is 0 Å². The zero-order chi connectivity index (χ0) is 15.5. The normalized spacial score (nSPS) is 11.1. The third kappa shape index (κ3) is 4.42. The monoisotopic (exact) mass is 329 g/mol. The Kier molecular flexibility index (Phi) is 6.33. The zero-order valence-electron chi connectivity index (χ0n) is 11.4. The maximum Gasteiger partial charge on any atom is 1.00 e. The second-order valence-corrected chi connectivity index (χ2v) is 5.22. The minimum atomic E-state index is -4.70. The Labute approximate surface area is 148 Å². The van der Waals surface area contributed by atoms with E-state index in [2.05, 4.69) is 10.2 Å². The summed E-state index contributed by atoms with van der Waals surface area (Å²) in [6.07, 6.45) is 0. The molecular formula is C12H8N3NaO5S. The van der Waals surface area contributed by atoms with Crippen molar-refractivity contribution in [1.29, 1.82) is 0 Å². The van der Waals surface area contributed by atoms with E-state index < -0.39 is 19.9 Å². The van der Waals surface area contributed by atoms with Crippen molar-refractivity contribution in [2.24, 2.45) is 10.2 Å². The van der Waals surface area contributed by atoms with Crippen LogP contribution >= 0.6 is 0 Å². The Balaban J connectivity index is 0.00000242. The molecule has 8 nitrogen and oxygen atoms in total. The Bertz CT molecular complexity index is 823. The van der Waals surface area contributed by atoms with Gasteiger partial charge in [0, 0.05) is 6.07 Å². The molecule has 0 saturated carbocycles. The van der Waals surface area contributed by atoms with Gasteiger partial charge in [-0.25, -0.2) is 8.42 Å². The van der Waals surface area contributed by atoms with E-state index in [1.807, 2.05) is 0 Å². The first kappa shape index (κ1) is 18.4. The largest absolute Gasteiger partial charge is 1.00 e. The van der Waals surface area contributed by atoms with Crippen molar-refractivity contribution < 1.29 is 47.5 Å². The number of benzene rings is 2. The molecule has 0 unspecified atom stereocenters. The molecule has 0 atom stereocenters. The summed E-state index contributed by atoms with van der Waals surface area (Å²) >= 11 is 0. The van der Waals surface area contributed by atoms with Crippen LogP contribution in [0.15, 0.2) is 63.7 Å². The molecule has 0 fully saturated rings. The molecule has 0 bridgehead atoms. The van der Waals surface area contributed by atoms with E-state index in [1.165, 1.54) is 42.5 Å². The van der Waals surface area contributed by atoms with Crippen LogP contribution in [-0.4, -0.2) is 17.9 Å². The van der Waals surface area contributed by atoms with Crippen molar-refractivity contribution in [1.82, 2.24) is 0 Å². The van der Waals surface area contributed by atoms with Gasteiger partial charge in [-0.2, -0.15) is 0 Å². The van der Waals surface area contributed by atoms with E-state index in [9.17, 15) is 23.1 Å². The molecule has 0 saturated heterocycles. The molecule has 2 rings (SSSR count). The zero-order valence-corrected chi connectivity index (χ0v) is 14.2. The fraction of sp³-hybridized carbons (Fsp3) is 0. The number of nitro groups is 1. The molecule has 0 aliphatic rings. The van der Waals surface area contributed by atoms with Crippen LogP contribution in [-0.2, 0) is 10.1 Å².